The number of non-ortho nitro benzene ring substituents is 1. The van der Waals surface area contributed by atoms with Gasteiger partial charge in [-0.3, -0.25) is 19.9 Å². The van der Waals surface area contributed by atoms with Crippen LogP contribution in [0.25, 0.3) is 4.96 Å². The van der Waals surface area contributed by atoms with Crippen molar-refractivity contribution in [1.82, 2.24) is 24.4 Å². The second-order valence-corrected chi connectivity index (χ2v) is 10.7. The normalized spacial score (nSPS) is 15.6. The van der Waals surface area contributed by atoms with Gasteiger partial charge in [0.25, 0.3) is 5.69 Å². The summed E-state index contributed by atoms with van der Waals surface area (Å²) in [5.41, 5.74) is 3.43. The van der Waals surface area contributed by atoms with Gasteiger partial charge >= 0.3 is 0 Å². The molecule has 1 N–H and O–H groups in total. The second kappa shape index (κ2) is 10.6. The topological polar surface area (TPSA) is 100 Å². The van der Waals surface area contributed by atoms with Gasteiger partial charge in [0.15, 0.2) is 0 Å². The van der Waals surface area contributed by atoms with Crippen LogP contribution in [0.2, 0.25) is 0 Å². The first-order valence-corrected chi connectivity index (χ1v) is 13.7. The molecule has 0 unspecified atom stereocenters. The zero-order valence-corrected chi connectivity index (χ0v) is 22.2. The summed E-state index contributed by atoms with van der Waals surface area (Å²) in [5.74, 6) is 0.657. The fourth-order valence-corrected chi connectivity index (χ4v) is 6.63. The minimum absolute atomic E-state index is 0.0402. The minimum Gasteiger partial charge on any atom is -0.492 e. The molecule has 2 aromatic heterocycles. The third-order valence-electron chi connectivity index (χ3n) is 7.28. The third kappa shape index (κ3) is 4.89. The average molecular weight is 541 g/mol. The standard InChI is InChI=1S/C29H28N6O3S/c1-20-30-29-34(31-20)28(36)27(39-29)26(23-12-14-24(15-13-23)35(37)38)33-18-16-32(17-19-33)25(21-8-4-2-5-9-21)22-10-6-3-7-11-22/h2-15,25-26,36H,16-19H2,1H3/t26-/m0/s1. The molecule has 3 aromatic carbocycles. The Morgan fingerprint density at radius 1 is 0.821 bits per heavy atom. The van der Waals surface area contributed by atoms with E-state index in [4.69, 9.17) is 0 Å². The number of aryl methyl sites for hydroxylation is 1. The fourth-order valence-electron chi connectivity index (χ4n) is 5.47. The average Bonchev–Trinajstić information content (AvgIpc) is 3.47. The molecule has 5 aromatic rings. The Bertz CT molecular complexity index is 1540. The number of benzene rings is 3. The molecule has 39 heavy (non-hydrogen) atoms. The summed E-state index contributed by atoms with van der Waals surface area (Å²) >= 11 is 1.40. The van der Waals surface area contributed by atoms with E-state index in [1.165, 1.54) is 39.1 Å². The second-order valence-electron chi connectivity index (χ2n) is 9.69. The van der Waals surface area contributed by atoms with Crippen molar-refractivity contribution in [2.45, 2.75) is 19.0 Å². The van der Waals surface area contributed by atoms with Crippen molar-refractivity contribution >= 4 is 22.0 Å². The molecular formula is C29H28N6O3S. The molecule has 9 nitrogen and oxygen atoms in total. The summed E-state index contributed by atoms with van der Waals surface area (Å²) in [6, 6.07) is 27.6. The lowest BCUT2D eigenvalue weighted by Gasteiger charge is -2.42. The van der Waals surface area contributed by atoms with E-state index >= 15 is 0 Å². The highest BCUT2D eigenvalue weighted by atomic mass is 32.1. The van der Waals surface area contributed by atoms with Crippen LogP contribution in [-0.4, -0.2) is 60.6 Å². The summed E-state index contributed by atoms with van der Waals surface area (Å²) in [4.78, 5) is 21.5. The van der Waals surface area contributed by atoms with E-state index in [9.17, 15) is 15.2 Å². The molecule has 6 rings (SSSR count). The molecule has 1 atom stereocenters. The number of piperazine rings is 1. The Hall–Kier alpha value is -4.12. The van der Waals surface area contributed by atoms with Crippen molar-refractivity contribution in [3.63, 3.8) is 0 Å². The molecule has 3 heterocycles. The molecule has 0 radical (unpaired) electrons. The summed E-state index contributed by atoms with van der Waals surface area (Å²) in [6.45, 7) is 4.94. The largest absolute Gasteiger partial charge is 0.492 e. The van der Waals surface area contributed by atoms with Crippen LogP contribution in [0.15, 0.2) is 84.9 Å². The number of hydrogen-bond donors (Lipinski definition) is 1. The number of aromatic hydroxyl groups is 1. The van der Waals surface area contributed by atoms with Gasteiger partial charge in [-0.25, -0.2) is 4.98 Å². The molecule has 0 aliphatic carbocycles. The van der Waals surface area contributed by atoms with Gasteiger partial charge in [0.1, 0.15) is 5.82 Å². The van der Waals surface area contributed by atoms with Crippen LogP contribution in [0.3, 0.4) is 0 Å². The Kier molecular flexibility index (Phi) is 6.82. The van der Waals surface area contributed by atoms with Crippen LogP contribution in [0, 0.1) is 17.0 Å². The SMILES string of the molecule is Cc1nc2sc([C@H](c3ccc([N+](=O)[O-])cc3)N3CCN(C(c4ccccc4)c4ccccc4)CC3)c(O)n2n1. The number of rotatable bonds is 7. The molecule has 1 saturated heterocycles. The molecule has 198 valence electrons. The lowest BCUT2D eigenvalue weighted by atomic mass is 9.96. The first kappa shape index (κ1) is 25.2. The van der Waals surface area contributed by atoms with Crippen molar-refractivity contribution in [3.8, 4) is 5.88 Å². The van der Waals surface area contributed by atoms with Crippen LogP contribution in [0.4, 0.5) is 5.69 Å². The van der Waals surface area contributed by atoms with Crippen molar-refractivity contribution < 1.29 is 10.0 Å². The van der Waals surface area contributed by atoms with E-state index in [1.54, 1.807) is 19.1 Å². The van der Waals surface area contributed by atoms with Crippen LogP contribution >= 0.6 is 11.3 Å². The third-order valence-corrected chi connectivity index (χ3v) is 8.36. The first-order chi connectivity index (χ1) is 19.0. The molecule has 0 amide bonds. The highest BCUT2D eigenvalue weighted by Gasteiger charge is 2.34. The number of thiazole rings is 1. The van der Waals surface area contributed by atoms with E-state index in [0.29, 0.717) is 10.8 Å². The van der Waals surface area contributed by atoms with Gasteiger partial charge in [0.2, 0.25) is 10.8 Å². The summed E-state index contributed by atoms with van der Waals surface area (Å²) in [6.07, 6.45) is 0. The Balaban J connectivity index is 1.32. The van der Waals surface area contributed by atoms with E-state index in [2.05, 4.69) is 68.4 Å². The van der Waals surface area contributed by atoms with E-state index < -0.39 is 4.92 Å². The van der Waals surface area contributed by atoms with Crippen molar-refractivity contribution in [3.05, 3.63) is 122 Å². The summed E-state index contributed by atoms with van der Waals surface area (Å²) < 4.78 is 1.48. The zero-order chi connectivity index (χ0) is 26.9. The molecule has 10 heteroatoms. The van der Waals surface area contributed by atoms with Crippen LogP contribution in [-0.2, 0) is 0 Å². The maximum Gasteiger partial charge on any atom is 0.269 e. The number of aromatic nitrogens is 3. The van der Waals surface area contributed by atoms with Gasteiger partial charge in [-0.1, -0.05) is 84.1 Å². The fraction of sp³-hybridized carbons (Fsp3) is 0.241. The Morgan fingerprint density at radius 3 is 1.85 bits per heavy atom. The lowest BCUT2D eigenvalue weighted by Crippen LogP contribution is -2.49. The molecular weight excluding hydrogens is 512 g/mol. The number of nitro benzene ring substituents is 1. The molecule has 0 bridgehead atoms. The van der Waals surface area contributed by atoms with E-state index in [0.717, 1.165) is 36.6 Å². The summed E-state index contributed by atoms with van der Waals surface area (Å²) in [7, 11) is 0. The molecule has 1 aliphatic heterocycles. The monoisotopic (exact) mass is 540 g/mol. The predicted octanol–water partition coefficient (Wildman–Crippen LogP) is 5.21. The maximum absolute atomic E-state index is 11.3. The molecule has 0 spiro atoms. The van der Waals surface area contributed by atoms with Crippen molar-refractivity contribution in [2.75, 3.05) is 26.2 Å². The molecule has 1 fully saturated rings. The Morgan fingerprint density at radius 2 is 1.33 bits per heavy atom. The van der Waals surface area contributed by atoms with Gasteiger partial charge in [-0.2, -0.15) is 4.52 Å². The van der Waals surface area contributed by atoms with Crippen molar-refractivity contribution in [2.24, 2.45) is 0 Å². The highest BCUT2D eigenvalue weighted by molar-refractivity contribution is 7.17. The lowest BCUT2D eigenvalue weighted by molar-refractivity contribution is -0.384. The van der Waals surface area contributed by atoms with E-state index in [1.807, 2.05) is 12.1 Å². The minimum atomic E-state index is -0.395. The molecule has 1 aliphatic rings. The predicted molar refractivity (Wildman–Crippen MR) is 150 cm³/mol. The van der Waals surface area contributed by atoms with Crippen molar-refractivity contribution in [1.29, 1.82) is 0 Å². The number of nitro groups is 1. The van der Waals surface area contributed by atoms with Gasteiger partial charge in [-0.15, -0.1) is 5.10 Å². The molecule has 0 saturated carbocycles. The van der Waals surface area contributed by atoms with Gasteiger partial charge in [-0.05, 0) is 23.6 Å². The van der Waals surface area contributed by atoms with Crippen LogP contribution in [0.5, 0.6) is 5.88 Å². The zero-order valence-electron chi connectivity index (χ0n) is 21.4. The quantitative estimate of drug-likeness (QED) is 0.223. The van der Waals surface area contributed by atoms with Gasteiger partial charge in [0.05, 0.1) is 21.9 Å². The van der Waals surface area contributed by atoms with Gasteiger partial charge in [0, 0.05) is 38.3 Å². The van der Waals surface area contributed by atoms with Gasteiger partial charge < -0.3 is 5.11 Å². The smallest absolute Gasteiger partial charge is 0.269 e. The first-order valence-electron chi connectivity index (χ1n) is 12.9. The summed E-state index contributed by atoms with van der Waals surface area (Å²) in [5, 5.41) is 26.8. The maximum atomic E-state index is 11.3. The highest BCUT2D eigenvalue weighted by Crippen LogP contribution is 2.41. The van der Waals surface area contributed by atoms with Crippen LogP contribution < -0.4 is 0 Å². The number of hydrogen-bond acceptors (Lipinski definition) is 8. The number of fused-ring (bicyclic) bond motifs is 1. The van der Waals surface area contributed by atoms with Crippen LogP contribution in [0.1, 0.15) is 39.5 Å². The van der Waals surface area contributed by atoms with E-state index in [-0.39, 0.29) is 23.7 Å². The number of nitrogens with zero attached hydrogens (tertiary/aromatic N) is 6. The Labute approximate surface area is 229 Å².